The van der Waals surface area contributed by atoms with Crippen molar-refractivity contribution in [3.63, 3.8) is 0 Å². The molecule has 0 aliphatic carbocycles. The zero-order chi connectivity index (χ0) is 32.8. The maximum Gasteiger partial charge on any atom is 0.266 e. The number of nitrogens with one attached hydrogen (secondary N) is 2. The van der Waals surface area contributed by atoms with E-state index in [1.54, 1.807) is 6.07 Å². The van der Waals surface area contributed by atoms with Gasteiger partial charge in [-0.2, -0.15) is 0 Å². The number of amides is 1. The van der Waals surface area contributed by atoms with Crippen molar-refractivity contribution in [3.8, 4) is 11.1 Å². The molecule has 1 aromatic heterocycles. The first-order valence-electron chi connectivity index (χ1n) is 17.5. The van der Waals surface area contributed by atoms with Crippen LogP contribution in [0.15, 0.2) is 77.2 Å². The second-order valence-corrected chi connectivity index (χ2v) is 13.6. The molecule has 2 aliphatic rings. The van der Waals surface area contributed by atoms with Gasteiger partial charge in [0.05, 0.1) is 12.0 Å². The first kappa shape index (κ1) is 33.1. The molecule has 8 nitrogen and oxygen atoms in total. The molecule has 2 atom stereocenters. The van der Waals surface area contributed by atoms with Crippen LogP contribution in [-0.2, 0) is 4.79 Å². The third kappa shape index (κ3) is 8.00. The van der Waals surface area contributed by atoms with Gasteiger partial charge in [-0.05, 0) is 71.9 Å². The van der Waals surface area contributed by atoms with Crippen molar-refractivity contribution >= 4 is 22.8 Å². The number of piperidine rings is 1. The number of carbonyl (C=O) groups excluding carboxylic acids is 2. The highest BCUT2D eigenvalue weighted by Crippen LogP contribution is 2.32. The first-order chi connectivity index (χ1) is 22.9. The van der Waals surface area contributed by atoms with Crippen molar-refractivity contribution in [2.24, 2.45) is 5.92 Å². The summed E-state index contributed by atoms with van der Waals surface area (Å²) in [6, 6.07) is 24.1. The maximum absolute atomic E-state index is 13.8. The Hall–Kier alpha value is -3.85. The van der Waals surface area contributed by atoms with Crippen molar-refractivity contribution in [1.82, 2.24) is 25.6 Å². The molecule has 248 valence electrons. The number of piperazine rings is 1. The van der Waals surface area contributed by atoms with Crippen LogP contribution >= 0.6 is 0 Å². The summed E-state index contributed by atoms with van der Waals surface area (Å²) in [6.45, 7) is 12.9. The molecule has 2 fully saturated rings. The van der Waals surface area contributed by atoms with Crippen LogP contribution in [0.2, 0.25) is 0 Å². The van der Waals surface area contributed by atoms with E-state index in [-0.39, 0.29) is 23.5 Å². The largest absolute Gasteiger partial charge is 0.434 e. The number of benzene rings is 3. The number of hydrazine groups is 1. The minimum Gasteiger partial charge on any atom is -0.434 e. The molecule has 3 heterocycles. The van der Waals surface area contributed by atoms with Crippen LogP contribution in [0.4, 0.5) is 0 Å². The van der Waals surface area contributed by atoms with E-state index in [1.807, 2.05) is 25.1 Å². The normalized spacial score (nSPS) is 18.0. The molecular weight excluding hydrogens is 586 g/mol. The summed E-state index contributed by atoms with van der Waals surface area (Å²) in [4.78, 5) is 31.6. The summed E-state index contributed by atoms with van der Waals surface area (Å²) in [5, 5.41) is 11.6. The second-order valence-electron chi connectivity index (χ2n) is 13.6. The van der Waals surface area contributed by atoms with Crippen LogP contribution in [0.25, 0.3) is 22.2 Å². The number of para-hydroxylation sites is 2. The lowest BCUT2D eigenvalue weighted by molar-refractivity contribution is -0.123. The molecule has 4 aromatic rings. The minimum atomic E-state index is -0.692. The maximum atomic E-state index is 13.8. The van der Waals surface area contributed by atoms with Crippen molar-refractivity contribution < 1.29 is 14.0 Å². The van der Waals surface area contributed by atoms with Gasteiger partial charge in [0.2, 0.25) is 11.7 Å². The Kier molecular flexibility index (Phi) is 10.8. The summed E-state index contributed by atoms with van der Waals surface area (Å²) in [7, 11) is 0. The van der Waals surface area contributed by atoms with Crippen molar-refractivity contribution in [2.45, 2.75) is 70.8 Å². The standard InChI is InChI=1S/C39H49N5O3/c1-4-7-35(37(45)39-42-34-8-5-6-9-36(34)47-39)41-38(46)33(26-27(2)3)32-16-14-29(15-17-32)28-10-12-30(13-11-28)31-18-22-43(23-19-31)44-24-20-40-21-25-44/h5-6,8-17,27,31,33,35,40H,4,7,18-26H2,1-3H3,(H,41,46). The molecule has 2 saturated heterocycles. The van der Waals surface area contributed by atoms with E-state index in [0.717, 1.165) is 56.8 Å². The Bertz CT molecular complexity index is 1580. The van der Waals surface area contributed by atoms with Crippen LogP contribution in [0.3, 0.4) is 0 Å². The molecule has 6 rings (SSSR count). The Balaban J connectivity index is 1.10. The van der Waals surface area contributed by atoms with Gasteiger partial charge in [-0.15, -0.1) is 0 Å². The van der Waals surface area contributed by atoms with Gasteiger partial charge in [-0.25, -0.2) is 15.0 Å². The third-order valence-corrected chi connectivity index (χ3v) is 9.73. The Morgan fingerprint density at radius 1 is 0.894 bits per heavy atom. The monoisotopic (exact) mass is 635 g/mol. The third-order valence-electron chi connectivity index (χ3n) is 9.73. The average molecular weight is 636 g/mol. The van der Waals surface area contributed by atoms with Crippen LogP contribution in [0.5, 0.6) is 0 Å². The van der Waals surface area contributed by atoms with Gasteiger partial charge < -0.3 is 15.1 Å². The molecule has 0 radical (unpaired) electrons. The van der Waals surface area contributed by atoms with E-state index in [1.165, 1.54) is 24.0 Å². The van der Waals surface area contributed by atoms with E-state index < -0.39 is 6.04 Å². The van der Waals surface area contributed by atoms with E-state index in [2.05, 4.69) is 88.0 Å². The Morgan fingerprint density at radius 2 is 1.53 bits per heavy atom. The Labute approximate surface area is 278 Å². The summed E-state index contributed by atoms with van der Waals surface area (Å²) >= 11 is 0. The lowest BCUT2D eigenvalue weighted by atomic mass is 9.87. The van der Waals surface area contributed by atoms with Gasteiger partial charge in [-0.3, -0.25) is 9.59 Å². The number of nitrogens with zero attached hydrogens (tertiary/aromatic N) is 3. The van der Waals surface area contributed by atoms with Gasteiger partial charge in [0.15, 0.2) is 5.58 Å². The number of aromatic nitrogens is 1. The SMILES string of the molecule is CCCC(NC(=O)C(CC(C)C)c1ccc(-c2ccc(C3CCN(N4CCNCC4)CC3)cc2)cc1)C(=O)c1nc2ccccc2o1. The minimum absolute atomic E-state index is 0.0430. The van der Waals surface area contributed by atoms with Crippen molar-refractivity contribution in [1.29, 1.82) is 0 Å². The second kappa shape index (κ2) is 15.4. The fraction of sp³-hybridized carbons (Fsp3) is 0.462. The molecule has 2 N–H and O–H groups in total. The molecule has 2 unspecified atom stereocenters. The molecule has 3 aromatic carbocycles. The highest BCUT2D eigenvalue weighted by Gasteiger charge is 2.30. The zero-order valence-corrected chi connectivity index (χ0v) is 28.1. The molecule has 0 bridgehead atoms. The van der Waals surface area contributed by atoms with E-state index >= 15 is 0 Å². The predicted molar refractivity (Wildman–Crippen MR) is 187 cm³/mol. The number of Topliss-reactive ketones (excluding diaryl/α,β-unsaturated/α-hetero) is 1. The van der Waals surface area contributed by atoms with Crippen LogP contribution < -0.4 is 10.6 Å². The molecule has 0 saturated carbocycles. The molecule has 0 spiro atoms. The number of hydrogen-bond acceptors (Lipinski definition) is 7. The predicted octanol–water partition coefficient (Wildman–Crippen LogP) is 6.79. The van der Waals surface area contributed by atoms with Gasteiger partial charge in [0.1, 0.15) is 5.52 Å². The topological polar surface area (TPSA) is 90.7 Å². The number of carbonyl (C=O) groups is 2. The number of rotatable bonds is 12. The highest BCUT2D eigenvalue weighted by atomic mass is 16.4. The van der Waals surface area contributed by atoms with Gasteiger partial charge in [0.25, 0.3) is 5.89 Å². The fourth-order valence-corrected chi connectivity index (χ4v) is 7.10. The summed E-state index contributed by atoms with van der Waals surface area (Å²) in [6.07, 6.45) is 4.33. The fourth-order valence-electron chi connectivity index (χ4n) is 7.10. The molecule has 2 aliphatic heterocycles. The summed E-state index contributed by atoms with van der Waals surface area (Å²) < 4.78 is 5.75. The van der Waals surface area contributed by atoms with Crippen LogP contribution in [0, 0.1) is 5.92 Å². The molecule has 1 amide bonds. The molecular formula is C39H49N5O3. The Morgan fingerprint density at radius 3 is 2.17 bits per heavy atom. The lowest BCUT2D eigenvalue weighted by Crippen LogP contribution is -2.54. The van der Waals surface area contributed by atoms with Crippen LogP contribution in [-0.4, -0.2) is 72.0 Å². The van der Waals surface area contributed by atoms with Crippen molar-refractivity contribution in [3.05, 3.63) is 89.8 Å². The van der Waals surface area contributed by atoms with Gasteiger partial charge in [0, 0.05) is 39.3 Å². The highest BCUT2D eigenvalue weighted by molar-refractivity contribution is 6.00. The van der Waals surface area contributed by atoms with Gasteiger partial charge in [-0.1, -0.05) is 87.9 Å². The van der Waals surface area contributed by atoms with Gasteiger partial charge >= 0.3 is 0 Å². The van der Waals surface area contributed by atoms with E-state index in [0.29, 0.717) is 35.8 Å². The number of ketones is 1. The van der Waals surface area contributed by atoms with Crippen LogP contribution in [0.1, 0.15) is 86.5 Å². The zero-order valence-electron chi connectivity index (χ0n) is 28.1. The summed E-state index contributed by atoms with van der Waals surface area (Å²) in [5.41, 5.74) is 5.89. The van der Waals surface area contributed by atoms with E-state index in [9.17, 15) is 9.59 Å². The van der Waals surface area contributed by atoms with E-state index in [4.69, 9.17) is 4.42 Å². The molecule has 8 heteroatoms. The lowest BCUT2D eigenvalue weighted by Gasteiger charge is -2.41. The average Bonchev–Trinajstić information content (AvgIpc) is 3.55. The quantitative estimate of drug-likeness (QED) is 0.166. The molecule has 47 heavy (non-hydrogen) atoms. The van der Waals surface area contributed by atoms with Crippen molar-refractivity contribution in [2.75, 3.05) is 39.3 Å². The number of fused-ring (bicyclic) bond motifs is 1. The number of oxazole rings is 1. The summed E-state index contributed by atoms with van der Waals surface area (Å²) in [5.74, 6) is 0.159. The smallest absolute Gasteiger partial charge is 0.266 e. The first-order valence-corrected chi connectivity index (χ1v) is 17.5. The number of hydrogen-bond donors (Lipinski definition) is 2.